The molecule has 4 aromatic rings. The second-order valence-electron chi connectivity index (χ2n) is 7.98. The molecule has 1 aliphatic rings. The molecule has 192 valence electrons. The van der Waals surface area contributed by atoms with E-state index in [4.69, 9.17) is 30.5 Å². The number of ether oxygens (including phenoxy) is 4. The minimum absolute atomic E-state index is 0.131. The SMILES string of the molecule is CCOc1cc(/C=C2/N=C(c3ccc(OC)cc3)OC2=O)ccc1OC(=O)c1sc2cc(Br)ccc2c1Cl. The van der Waals surface area contributed by atoms with Crippen LogP contribution in [0.1, 0.15) is 27.7 Å². The molecule has 0 aliphatic carbocycles. The van der Waals surface area contributed by atoms with Crippen LogP contribution in [0.2, 0.25) is 5.02 Å². The van der Waals surface area contributed by atoms with Crippen LogP contribution in [-0.2, 0) is 9.53 Å². The molecule has 1 aromatic heterocycles. The maximum Gasteiger partial charge on any atom is 0.363 e. The largest absolute Gasteiger partial charge is 0.497 e. The van der Waals surface area contributed by atoms with Crippen LogP contribution >= 0.6 is 38.9 Å². The number of esters is 2. The Bertz CT molecular complexity index is 1630. The second kappa shape index (κ2) is 11.0. The van der Waals surface area contributed by atoms with Gasteiger partial charge in [0.15, 0.2) is 17.2 Å². The number of fused-ring (bicyclic) bond motifs is 1. The average molecular weight is 613 g/mol. The van der Waals surface area contributed by atoms with Crippen LogP contribution < -0.4 is 14.2 Å². The molecule has 0 atom stereocenters. The maximum atomic E-state index is 13.0. The maximum absolute atomic E-state index is 13.0. The van der Waals surface area contributed by atoms with Gasteiger partial charge in [0.25, 0.3) is 0 Å². The van der Waals surface area contributed by atoms with Gasteiger partial charge in [-0.3, -0.25) is 0 Å². The van der Waals surface area contributed by atoms with E-state index in [9.17, 15) is 9.59 Å². The van der Waals surface area contributed by atoms with Gasteiger partial charge in [0.1, 0.15) is 10.6 Å². The lowest BCUT2D eigenvalue weighted by molar-refractivity contribution is -0.129. The number of halogens is 2. The third-order valence-electron chi connectivity index (χ3n) is 5.51. The highest BCUT2D eigenvalue weighted by molar-refractivity contribution is 9.10. The number of aliphatic imine (C=N–C) groups is 1. The van der Waals surface area contributed by atoms with E-state index in [1.165, 1.54) is 11.3 Å². The Hall–Kier alpha value is -3.66. The van der Waals surface area contributed by atoms with Crippen LogP contribution in [0.4, 0.5) is 0 Å². The van der Waals surface area contributed by atoms with E-state index in [2.05, 4.69) is 20.9 Å². The molecule has 2 heterocycles. The first-order valence-electron chi connectivity index (χ1n) is 11.4. The topological polar surface area (TPSA) is 83.4 Å². The fraction of sp³-hybridized carbons (Fsp3) is 0.107. The Morgan fingerprint density at radius 2 is 1.89 bits per heavy atom. The first-order valence-corrected chi connectivity index (χ1v) is 13.4. The lowest BCUT2D eigenvalue weighted by Crippen LogP contribution is -2.08. The number of thiophene rings is 1. The number of cyclic esters (lactones) is 1. The Balaban J connectivity index is 1.40. The van der Waals surface area contributed by atoms with E-state index in [0.29, 0.717) is 39.1 Å². The predicted molar refractivity (Wildman–Crippen MR) is 151 cm³/mol. The number of hydrogen-bond donors (Lipinski definition) is 0. The van der Waals surface area contributed by atoms with Crippen molar-refractivity contribution in [2.24, 2.45) is 4.99 Å². The van der Waals surface area contributed by atoms with E-state index in [1.807, 2.05) is 25.1 Å². The van der Waals surface area contributed by atoms with E-state index >= 15 is 0 Å². The van der Waals surface area contributed by atoms with Crippen molar-refractivity contribution < 1.29 is 28.5 Å². The highest BCUT2D eigenvalue weighted by Gasteiger charge is 2.25. The molecule has 0 bridgehead atoms. The number of carbonyl (C=O) groups excluding carboxylic acids is 2. The van der Waals surface area contributed by atoms with Crippen LogP contribution in [-0.4, -0.2) is 31.6 Å². The molecule has 7 nitrogen and oxygen atoms in total. The first-order chi connectivity index (χ1) is 18.4. The summed E-state index contributed by atoms with van der Waals surface area (Å²) >= 11 is 11.1. The van der Waals surface area contributed by atoms with Crippen LogP contribution in [0.15, 0.2) is 75.8 Å². The van der Waals surface area contributed by atoms with Gasteiger partial charge in [-0.15, -0.1) is 11.3 Å². The molecule has 0 amide bonds. The fourth-order valence-corrected chi connectivity index (χ4v) is 5.64. The standard InChI is InChI=1S/C28H19BrClNO6S/c1-3-35-22-13-15(12-20-27(32)37-26(31-20)16-5-8-18(34-2)9-6-16)4-11-21(22)36-28(33)25-24(30)19-10-7-17(29)14-23(19)38-25/h4-14H,3H2,1-2H3/b20-12+. The summed E-state index contributed by atoms with van der Waals surface area (Å²) in [5.74, 6) is 0.280. The molecule has 0 saturated heterocycles. The highest BCUT2D eigenvalue weighted by Crippen LogP contribution is 2.38. The summed E-state index contributed by atoms with van der Waals surface area (Å²) in [6.45, 7) is 2.15. The molecule has 0 saturated carbocycles. The summed E-state index contributed by atoms with van der Waals surface area (Å²) in [5, 5.41) is 1.11. The summed E-state index contributed by atoms with van der Waals surface area (Å²) in [5.41, 5.74) is 1.39. The van der Waals surface area contributed by atoms with Crippen LogP contribution in [0.5, 0.6) is 17.2 Å². The van der Waals surface area contributed by atoms with Crippen molar-refractivity contribution in [3.63, 3.8) is 0 Å². The van der Waals surface area contributed by atoms with Gasteiger partial charge in [0, 0.05) is 20.1 Å². The summed E-state index contributed by atoms with van der Waals surface area (Å²) in [4.78, 5) is 30.1. The molecule has 0 unspecified atom stereocenters. The predicted octanol–water partition coefficient (Wildman–Crippen LogP) is 7.29. The van der Waals surface area contributed by atoms with Gasteiger partial charge >= 0.3 is 11.9 Å². The minimum atomic E-state index is -0.590. The van der Waals surface area contributed by atoms with Crippen molar-refractivity contribution >= 4 is 72.9 Å². The van der Waals surface area contributed by atoms with Gasteiger partial charge in [0.05, 0.1) is 18.7 Å². The minimum Gasteiger partial charge on any atom is -0.497 e. The number of nitrogens with zero attached hydrogens (tertiary/aromatic N) is 1. The molecule has 1 aliphatic heterocycles. The summed E-state index contributed by atoms with van der Waals surface area (Å²) in [7, 11) is 1.57. The summed E-state index contributed by atoms with van der Waals surface area (Å²) < 4.78 is 23.6. The van der Waals surface area contributed by atoms with Crippen molar-refractivity contribution in [1.82, 2.24) is 0 Å². The van der Waals surface area contributed by atoms with Gasteiger partial charge in [-0.1, -0.05) is 39.7 Å². The number of rotatable bonds is 7. The van der Waals surface area contributed by atoms with Crippen molar-refractivity contribution in [1.29, 1.82) is 0 Å². The van der Waals surface area contributed by atoms with E-state index in [0.717, 1.165) is 14.6 Å². The van der Waals surface area contributed by atoms with Gasteiger partial charge in [-0.25, -0.2) is 14.6 Å². The van der Waals surface area contributed by atoms with Crippen LogP contribution in [0.25, 0.3) is 16.2 Å². The summed E-state index contributed by atoms with van der Waals surface area (Å²) in [6, 6.07) is 17.6. The van der Waals surface area contributed by atoms with Crippen molar-refractivity contribution in [3.8, 4) is 17.2 Å². The Kier molecular flexibility index (Phi) is 7.51. The Morgan fingerprint density at radius 3 is 2.63 bits per heavy atom. The third kappa shape index (κ3) is 5.31. The number of benzene rings is 3. The lowest BCUT2D eigenvalue weighted by Gasteiger charge is -2.11. The molecule has 0 spiro atoms. The Morgan fingerprint density at radius 1 is 1.11 bits per heavy atom. The molecule has 3 aromatic carbocycles. The first kappa shape index (κ1) is 26.0. The zero-order chi connectivity index (χ0) is 26.8. The summed E-state index contributed by atoms with van der Waals surface area (Å²) in [6.07, 6.45) is 1.58. The van der Waals surface area contributed by atoms with Crippen molar-refractivity contribution in [2.45, 2.75) is 6.92 Å². The molecular weight excluding hydrogens is 594 g/mol. The molecule has 0 fully saturated rings. The van der Waals surface area contributed by atoms with E-state index < -0.39 is 11.9 Å². The zero-order valence-electron chi connectivity index (χ0n) is 20.1. The second-order valence-corrected chi connectivity index (χ2v) is 10.3. The molecule has 5 rings (SSSR count). The van der Waals surface area contributed by atoms with Crippen molar-refractivity contribution in [3.05, 3.63) is 91.9 Å². The van der Waals surface area contributed by atoms with Crippen LogP contribution in [0.3, 0.4) is 0 Å². The van der Waals surface area contributed by atoms with Gasteiger partial charge in [0.2, 0.25) is 5.90 Å². The zero-order valence-corrected chi connectivity index (χ0v) is 23.3. The highest BCUT2D eigenvalue weighted by atomic mass is 79.9. The monoisotopic (exact) mass is 611 g/mol. The third-order valence-corrected chi connectivity index (χ3v) is 7.64. The normalized spacial score (nSPS) is 13.9. The number of methoxy groups -OCH3 is 1. The molecule has 0 N–H and O–H groups in total. The lowest BCUT2D eigenvalue weighted by atomic mass is 10.1. The Labute approximate surface area is 235 Å². The molecule has 38 heavy (non-hydrogen) atoms. The average Bonchev–Trinajstić information content (AvgIpc) is 3.44. The van der Waals surface area contributed by atoms with Crippen LogP contribution in [0, 0.1) is 0 Å². The van der Waals surface area contributed by atoms with Gasteiger partial charge in [-0.2, -0.15) is 0 Å². The number of hydrogen-bond acceptors (Lipinski definition) is 8. The van der Waals surface area contributed by atoms with Gasteiger partial charge < -0.3 is 18.9 Å². The smallest absolute Gasteiger partial charge is 0.363 e. The fourth-order valence-electron chi connectivity index (χ4n) is 3.71. The van der Waals surface area contributed by atoms with E-state index in [1.54, 1.807) is 55.7 Å². The van der Waals surface area contributed by atoms with E-state index in [-0.39, 0.29) is 17.3 Å². The molecule has 0 radical (unpaired) electrons. The molecular formula is C28H19BrClNO6S. The quantitative estimate of drug-likeness (QED) is 0.124. The number of carbonyl (C=O) groups is 2. The van der Waals surface area contributed by atoms with Gasteiger partial charge in [-0.05, 0) is 67.1 Å². The van der Waals surface area contributed by atoms with Crippen molar-refractivity contribution in [2.75, 3.05) is 13.7 Å². The molecule has 10 heteroatoms.